The number of piperidine rings is 3. The Morgan fingerprint density at radius 3 is 2.88 bits per heavy atom. The van der Waals surface area contributed by atoms with Crippen LogP contribution in [0, 0.1) is 5.92 Å². The van der Waals surface area contributed by atoms with Crippen molar-refractivity contribution in [3.8, 4) is 5.88 Å². The van der Waals surface area contributed by atoms with Crippen LogP contribution in [0.4, 0.5) is 0 Å². The van der Waals surface area contributed by atoms with E-state index < -0.39 is 0 Å². The van der Waals surface area contributed by atoms with Gasteiger partial charge in [-0.25, -0.2) is 0 Å². The molecule has 3 fully saturated rings. The summed E-state index contributed by atoms with van der Waals surface area (Å²) in [6.07, 6.45) is 2.88. The van der Waals surface area contributed by atoms with Gasteiger partial charge in [-0.05, 0) is 37.6 Å². The third kappa shape index (κ3) is 2.44. The maximum atomic E-state index is 6.09. The van der Waals surface area contributed by atoms with Gasteiger partial charge in [0.05, 0.1) is 11.7 Å². The molecule has 1 aromatic heterocycles. The van der Waals surface area contributed by atoms with Crippen LogP contribution in [0.1, 0.15) is 19.8 Å². The molecule has 0 unspecified atom stereocenters. The van der Waals surface area contributed by atoms with Crippen LogP contribution < -0.4 is 4.74 Å². The molecule has 17 heavy (non-hydrogen) atoms. The lowest BCUT2D eigenvalue weighted by Gasteiger charge is -2.44. The van der Waals surface area contributed by atoms with Crippen molar-refractivity contribution >= 4 is 23.5 Å². The molecular weight excluding hydrogens is 254 g/mol. The fourth-order valence-corrected chi connectivity index (χ4v) is 3.91. The molecule has 0 aliphatic carbocycles. The van der Waals surface area contributed by atoms with Crippen molar-refractivity contribution < 1.29 is 4.74 Å². The second kappa shape index (κ2) is 5.12. The number of fused-ring (bicyclic) bond motifs is 3. The third-order valence-corrected chi connectivity index (χ3v) is 5.03. The summed E-state index contributed by atoms with van der Waals surface area (Å²) in [5.41, 5.74) is 0. The van der Waals surface area contributed by atoms with Crippen molar-refractivity contribution in [3.63, 3.8) is 0 Å². The Morgan fingerprint density at radius 1 is 1.41 bits per heavy atom. The number of thioether (sulfide) groups is 1. The molecule has 0 radical (unpaired) electrons. The van der Waals surface area contributed by atoms with Crippen LogP contribution in [0.5, 0.6) is 5.88 Å². The summed E-state index contributed by atoms with van der Waals surface area (Å²) in [4.78, 5) is 2.50. The fourth-order valence-electron chi connectivity index (χ4n) is 2.66. The Kier molecular flexibility index (Phi) is 3.54. The van der Waals surface area contributed by atoms with E-state index in [9.17, 15) is 0 Å². The largest absolute Gasteiger partial charge is 0.470 e. The molecule has 0 saturated carbocycles. The molecule has 3 aliphatic heterocycles. The summed E-state index contributed by atoms with van der Waals surface area (Å²) in [5, 5.41) is 0.967. The first-order valence-corrected chi connectivity index (χ1v) is 7.92. The van der Waals surface area contributed by atoms with Gasteiger partial charge in [0.1, 0.15) is 6.10 Å². The zero-order chi connectivity index (χ0) is 11.7. The predicted molar refractivity (Wildman–Crippen MR) is 69.9 cm³/mol. The van der Waals surface area contributed by atoms with E-state index in [0.717, 1.165) is 29.1 Å². The molecule has 1 aromatic rings. The molecular formula is C11H17N3OS2. The first-order chi connectivity index (χ1) is 8.36. The lowest BCUT2D eigenvalue weighted by molar-refractivity contribution is -0.0110. The molecule has 4 nitrogen and oxygen atoms in total. The Labute approximate surface area is 110 Å². The first-order valence-electron chi connectivity index (χ1n) is 6.21. The minimum Gasteiger partial charge on any atom is -0.470 e. The number of hydrogen-bond donors (Lipinski definition) is 0. The molecule has 3 aliphatic rings. The van der Waals surface area contributed by atoms with Crippen LogP contribution in [0.3, 0.4) is 0 Å². The number of ether oxygens (including phenoxy) is 1. The monoisotopic (exact) mass is 271 g/mol. The third-order valence-electron chi connectivity index (χ3n) is 3.57. The molecule has 3 saturated heterocycles. The van der Waals surface area contributed by atoms with E-state index in [-0.39, 0.29) is 0 Å². The zero-order valence-corrected chi connectivity index (χ0v) is 11.6. The van der Waals surface area contributed by atoms with Crippen LogP contribution >= 0.6 is 23.5 Å². The van der Waals surface area contributed by atoms with E-state index in [1.54, 1.807) is 11.8 Å². The average Bonchev–Trinajstić information content (AvgIpc) is 2.79. The standard InChI is InChI=1S/C11H17N3OS2/c1-2-16-11-10(12-17-13-11)15-9-7-14-5-3-8(9)4-6-14/h8-9H,2-7H2,1H3/t9-/m1/s1. The van der Waals surface area contributed by atoms with Gasteiger partial charge in [-0.3, -0.25) is 4.90 Å². The van der Waals surface area contributed by atoms with Crippen molar-refractivity contribution in [3.05, 3.63) is 0 Å². The Morgan fingerprint density at radius 2 is 2.24 bits per heavy atom. The van der Waals surface area contributed by atoms with Crippen molar-refractivity contribution in [2.24, 2.45) is 5.92 Å². The van der Waals surface area contributed by atoms with Crippen LogP contribution in [0.2, 0.25) is 0 Å². The van der Waals surface area contributed by atoms with E-state index in [1.807, 2.05) is 0 Å². The van der Waals surface area contributed by atoms with E-state index in [4.69, 9.17) is 4.74 Å². The Bertz CT molecular complexity index is 377. The van der Waals surface area contributed by atoms with Crippen LogP contribution in [0.25, 0.3) is 0 Å². The molecule has 4 heterocycles. The minimum absolute atomic E-state index is 0.331. The molecule has 0 N–H and O–H groups in total. The highest BCUT2D eigenvalue weighted by Gasteiger charge is 2.36. The molecule has 4 rings (SSSR count). The smallest absolute Gasteiger partial charge is 0.260 e. The molecule has 6 heteroatoms. The maximum absolute atomic E-state index is 6.09. The van der Waals surface area contributed by atoms with Crippen LogP contribution in [-0.2, 0) is 0 Å². The number of rotatable bonds is 4. The van der Waals surface area contributed by atoms with Crippen molar-refractivity contribution in [1.29, 1.82) is 0 Å². The van der Waals surface area contributed by atoms with Crippen LogP contribution in [0.15, 0.2) is 5.03 Å². The Balaban J connectivity index is 1.68. The lowest BCUT2D eigenvalue weighted by atomic mass is 9.86. The fraction of sp³-hybridized carbons (Fsp3) is 0.818. The highest BCUT2D eigenvalue weighted by molar-refractivity contribution is 7.99. The lowest BCUT2D eigenvalue weighted by Crippen LogP contribution is -2.52. The van der Waals surface area contributed by atoms with Crippen molar-refractivity contribution in [1.82, 2.24) is 13.6 Å². The van der Waals surface area contributed by atoms with Gasteiger partial charge in [0, 0.05) is 6.54 Å². The molecule has 0 amide bonds. The number of nitrogens with zero attached hydrogens (tertiary/aromatic N) is 3. The normalized spacial score (nSPS) is 31.7. The van der Waals surface area contributed by atoms with Gasteiger partial charge in [0.2, 0.25) is 0 Å². The van der Waals surface area contributed by atoms with E-state index in [1.165, 1.54) is 37.7 Å². The molecule has 94 valence electrons. The van der Waals surface area contributed by atoms with Crippen molar-refractivity contribution in [2.45, 2.75) is 30.9 Å². The summed E-state index contributed by atoms with van der Waals surface area (Å²) in [6.45, 7) is 5.69. The van der Waals surface area contributed by atoms with Crippen LogP contribution in [-0.4, -0.2) is 45.1 Å². The van der Waals surface area contributed by atoms with E-state index >= 15 is 0 Å². The van der Waals surface area contributed by atoms with Gasteiger partial charge < -0.3 is 4.74 Å². The molecule has 2 bridgehead atoms. The second-order valence-corrected chi connectivity index (χ2v) is 6.38. The predicted octanol–water partition coefficient (Wildman–Crippen LogP) is 2.12. The van der Waals surface area contributed by atoms with Gasteiger partial charge >= 0.3 is 0 Å². The number of aromatic nitrogens is 2. The summed E-state index contributed by atoms with van der Waals surface area (Å²) in [6, 6.07) is 0. The average molecular weight is 271 g/mol. The summed E-state index contributed by atoms with van der Waals surface area (Å²) < 4.78 is 14.7. The van der Waals surface area contributed by atoms with E-state index in [0.29, 0.717) is 6.10 Å². The topological polar surface area (TPSA) is 38.3 Å². The summed E-state index contributed by atoms with van der Waals surface area (Å²) in [7, 11) is 0. The molecule has 0 spiro atoms. The summed E-state index contributed by atoms with van der Waals surface area (Å²) in [5.74, 6) is 2.50. The molecule has 1 atom stereocenters. The molecule has 0 aromatic carbocycles. The Hall–Kier alpha value is -0.330. The SMILES string of the molecule is CCSc1nsnc1O[C@@H]1CN2CCC1CC2. The minimum atomic E-state index is 0.331. The quantitative estimate of drug-likeness (QED) is 0.784. The zero-order valence-electron chi connectivity index (χ0n) is 9.96. The van der Waals surface area contributed by atoms with Crippen molar-refractivity contribution in [2.75, 3.05) is 25.4 Å². The highest BCUT2D eigenvalue weighted by atomic mass is 32.2. The van der Waals surface area contributed by atoms with Gasteiger partial charge in [0.25, 0.3) is 5.88 Å². The van der Waals surface area contributed by atoms with Gasteiger partial charge in [0.15, 0.2) is 5.03 Å². The second-order valence-electron chi connectivity index (χ2n) is 4.60. The first kappa shape index (κ1) is 11.7. The van der Waals surface area contributed by atoms with Gasteiger partial charge in [-0.15, -0.1) is 16.1 Å². The van der Waals surface area contributed by atoms with E-state index in [2.05, 4.69) is 20.6 Å². The van der Waals surface area contributed by atoms with Gasteiger partial charge in [-0.1, -0.05) is 6.92 Å². The van der Waals surface area contributed by atoms with Gasteiger partial charge in [-0.2, -0.15) is 4.37 Å². The number of hydrogen-bond acceptors (Lipinski definition) is 6. The maximum Gasteiger partial charge on any atom is 0.260 e. The summed E-state index contributed by atoms with van der Waals surface area (Å²) >= 11 is 2.97. The highest BCUT2D eigenvalue weighted by Crippen LogP contribution is 2.33.